The Balaban J connectivity index is 1.97. The maximum atomic E-state index is 10.9. The Morgan fingerprint density at radius 1 is 1.47 bits per heavy atom. The van der Waals surface area contributed by atoms with E-state index in [1.165, 1.54) is 10.9 Å². The molecule has 0 aliphatic carbocycles. The van der Waals surface area contributed by atoms with Crippen molar-refractivity contribution in [1.29, 1.82) is 0 Å². The molecule has 2 heterocycles. The average Bonchev–Trinajstić information content (AvgIpc) is 2.90. The highest BCUT2D eigenvalue weighted by molar-refractivity contribution is 5.85. The van der Waals surface area contributed by atoms with Crippen LogP contribution in [0, 0.1) is 0 Å². The van der Waals surface area contributed by atoms with E-state index in [0.717, 1.165) is 43.6 Å². The molecule has 0 spiro atoms. The van der Waals surface area contributed by atoms with Gasteiger partial charge in [-0.15, -0.1) is 0 Å². The fourth-order valence-electron chi connectivity index (χ4n) is 2.94. The van der Waals surface area contributed by atoms with Crippen molar-refractivity contribution < 1.29 is 9.53 Å². The number of piperidine rings is 1. The third-order valence-electron chi connectivity index (χ3n) is 3.96. The SMILES string of the molecule is COc1ccc2[nH]cc(C3CCCN(C=O)C3)c2c1. The lowest BCUT2D eigenvalue weighted by atomic mass is 9.90. The zero-order valence-corrected chi connectivity index (χ0v) is 11.1. The fourth-order valence-corrected chi connectivity index (χ4v) is 2.94. The molecule has 1 amide bonds. The van der Waals surface area contributed by atoms with Crippen LogP contribution in [0.1, 0.15) is 24.3 Å². The fraction of sp³-hybridized carbons (Fsp3) is 0.400. The molecule has 1 unspecified atom stereocenters. The summed E-state index contributed by atoms with van der Waals surface area (Å²) in [6.07, 6.45) is 5.24. The van der Waals surface area contributed by atoms with E-state index in [9.17, 15) is 4.79 Å². The number of hydrogen-bond donors (Lipinski definition) is 1. The Bertz CT molecular complexity index is 591. The summed E-state index contributed by atoms with van der Waals surface area (Å²) in [6, 6.07) is 6.07. The van der Waals surface area contributed by atoms with Crippen molar-refractivity contribution >= 4 is 17.3 Å². The minimum Gasteiger partial charge on any atom is -0.497 e. The van der Waals surface area contributed by atoms with Gasteiger partial charge in [0.15, 0.2) is 0 Å². The highest BCUT2D eigenvalue weighted by atomic mass is 16.5. The molecule has 0 saturated carbocycles. The number of aromatic nitrogens is 1. The van der Waals surface area contributed by atoms with Gasteiger partial charge in [0, 0.05) is 36.1 Å². The molecule has 4 heteroatoms. The normalized spacial score (nSPS) is 19.6. The van der Waals surface area contributed by atoms with Gasteiger partial charge in [0.2, 0.25) is 6.41 Å². The first-order valence-electron chi connectivity index (χ1n) is 6.66. The first-order chi connectivity index (χ1) is 9.31. The monoisotopic (exact) mass is 258 g/mol. The van der Waals surface area contributed by atoms with Crippen LogP contribution in [-0.4, -0.2) is 36.5 Å². The van der Waals surface area contributed by atoms with Gasteiger partial charge in [0.25, 0.3) is 0 Å². The number of H-pyrrole nitrogens is 1. The molecule has 1 aliphatic rings. The highest BCUT2D eigenvalue weighted by Crippen LogP contribution is 2.33. The van der Waals surface area contributed by atoms with Crippen molar-refractivity contribution in [2.75, 3.05) is 20.2 Å². The van der Waals surface area contributed by atoms with Gasteiger partial charge in [-0.25, -0.2) is 0 Å². The van der Waals surface area contributed by atoms with Gasteiger partial charge in [-0.05, 0) is 36.6 Å². The summed E-state index contributed by atoms with van der Waals surface area (Å²) < 4.78 is 5.30. The summed E-state index contributed by atoms with van der Waals surface area (Å²) in [5.74, 6) is 1.29. The molecule has 1 aliphatic heterocycles. The van der Waals surface area contributed by atoms with Crippen molar-refractivity contribution in [3.05, 3.63) is 30.0 Å². The molecule has 100 valence electrons. The number of carbonyl (C=O) groups excluding carboxylic acids is 1. The third kappa shape index (κ3) is 2.18. The Hall–Kier alpha value is -1.97. The van der Waals surface area contributed by atoms with Crippen molar-refractivity contribution in [2.24, 2.45) is 0 Å². The van der Waals surface area contributed by atoms with E-state index < -0.39 is 0 Å². The molecule has 1 aromatic heterocycles. The van der Waals surface area contributed by atoms with E-state index in [4.69, 9.17) is 4.74 Å². The van der Waals surface area contributed by atoms with Crippen LogP contribution >= 0.6 is 0 Å². The van der Waals surface area contributed by atoms with Gasteiger partial charge in [-0.1, -0.05) is 0 Å². The van der Waals surface area contributed by atoms with E-state index in [2.05, 4.69) is 17.2 Å². The number of aromatic amines is 1. The van der Waals surface area contributed by atoms with E-state index in [1.807, 2.05) is 17.0 Å². The molecule has 0 radical (unpaired) electrons. The van der Waals surface area contributed by atoms with E-state index in [1.54, 1.807) is 7.11 Å². The number of benzene rings is 1. The summed E-state index contributed by atoms with van der Waals surface area (Å²) >= 11 is 0. The van der Waals surface area contributed by atoms with E-state index in [-0.39, 0.29) is 0 Å². The summed E-state index contributed by atoms with van der Waals surface area (Å²) in [5.41, 5.74) is 2.42. The van der Waals surface area contributed by atoms with Gasteiger partial charge in [-0.3, -0.25) is 4.79 Å². The number of nitrogens with one attached hydrogen (secondary N) is 1. The van der Waals surface area contributed by atoms with Crippen molar-refractivity contribution in [3.63, 3.8) is 0 Å². The lowest BCUT2D eigenvalue weighted by Gasteiger charge is -2.29. The summed E-state index contributed by atoms with van der Waals surface area (Å²) in [5, 5.41) is 1.21. The zero-order valence-electron chi connectivity index (χ0n) is 11.1. The molecular formula is C15H18N2O2. The number of carbonyl (C=O) groups is 1. The molecule has 1 atom stereocenters. The summed E-state index contributed by atoms with van der Waals surface area (Å²) in [7, 11) is 1.68. The summed E-state index contributed by atoms with van der Waals surface area (Å²) in [4.78, 5) is 16.1. The van der Waals surface area contributed by atoms with Crippen molar-refractivity contribution in [1.82, 2.24) is 9.88 Å². The van der Waals surface area contributed by atoms with E-state index in [0.29, 0.717) is 5.92 Å². The Kier molecular flexibility index (Phi) is 3.15. The number of rotatable bonds is 3. The minimum atomic E-state index is 0.416. The average molecular weight is 258 g/mol. The minimum absolute atomic E-state index is 0.416. The number of methoxy groups -OCH3 is 1. The molecule has 1 aromatic carbocycles. The highest BCUT2D eigenvalue weighted by Gasteiger charge is 2.22. The third-order valence-corrected chi connectivity index (χ3v) is 3.96. The van der Waals surface area contributed by atoms with Crippen molar-refractivity contribution in [2.45, 2.75) is 18.8 Å². The van der Waals surface area contributed by atoms with Crippen LogP contribution in [0.5, 0.6) is 5.75 Å². The molecule has 0 bridgehead atoms. The van der Waals surface area contributed by atoms with Gasteiger partial charge in [0.05, 0.1) is 7.11 Å². The Labute approximate surface area is 112 Å². The second-order valence-corrected chi connectivity index (χ2v) is 5.10. The molecule has 1 fully saturated rings. The number of nitrogens with zero attached hydrogens (tertiary/aromatic N) is 1. The summed E-state index contributed by atoms with van der Waals surface area (Å²) in [6.45, 7) is 1.69. The lowest BCUT2D eigenvalue weighted by Crippen LogP contribution is -2.33. The standard InChI is InChI=1S/C15H18N2O2/c1-19-12-4-5-15-13(7-12)14(8-16-15)11-3-2-6-17(9-11)10-18/h4-5,7-8,10-11,16H,2-3,6,9H2,1H3. The number of likely N-dealkylation sites (tertiary alicyclic amines) is 1. The van der Waals surface area contributed by atoms with Gasteiger partial charge >= 0.3 is 0 Å². The van der Waals surface area contributed by atoms with Crippen LogP contribution < -0.4 is 4.74 Å². The predicted octanol–water partition coefficient (Wildman–Crippen LogP) is 2.51. The number of fused-ring (bicyclic) bond motifs is 1. The second-order valence-electron chi connectivity index (χ2n) is 5.10. The number of ether oxygens (including phenoxy) is 1. The maximum absolute atomic E-state index is 10.9. The smallest absolute Gasteiger partial charge is 0.209 e. The van der Waals surface area contributed by atoms with Crippen molar-refractivity contribution in [3.8, 4) is 5.75 Å². The van der Waals surface area contributed by atoms with Crippen LogP contribution in [0.2, 0.25) is 0 Å². The number of hydrogen-bond acceptors (Lipinski definition) is 2. The van der Waals surface area contributed by atoms with Gasteiger partial charge < -0.3 is 14.6 Å². The first-order valence-corrected chi connectivity index (χ1v) is 6.66. The maximum Gasteiger partial charge on any atom is 0.209 e. The second kappa shape index (κ2) is 4.96. The van der Waals surface area contributed by atoms with Crippen LogP contribution in [-0.2, 0) is 4.79 Å². The predicted molar refractivity (Wildman–Crippen MR) is 74.5 cm³/mol. The Morgan fingerprint density at radius 2 is 2.37 bits per heavy atom. The lowest BCUT2D eigenvalue weighted by molar-refractivity contribution is -0.119. The van der Waals surface area contributed by atoms with Crippen LogP contribution in [0.25, 0.3) is 10.9 Å². The molecule has 19 heavy (non-hydrogen) atoms. The quantitative estimate of drug-likeness (QED) is 0.860. The Morgan fingerprint density at radius 3 is 3.16 bits per heavy atom. The van der Waals surface area contributed by atoms with Gasteiger partial charge in [0.1, 0.15) is 5.75 Å². The molecule has 2 aromatic rings. The van der Waals surface area contributed by atoms with Crippen LogP contribution in [0.4, 0.5) is 0 Å². The zero-order chi connectivity index (χ0) is 13.2. The molecule has 1 saturated heterocycles. The van der Waals surface area contributed by atoms with Crippen LogP contribution in [0.3, 0.4) is 0 Å². The largest absolute Gasteiger partial charge is 0.497 e. The molecule has 4 nitrogen and oxygen atoms in total. The van der Waals surface area contributed by atoms with E-state index >= 15 is 0 Å². The molecular weight excluding hydrogens is 240 g/mol. The molecule has 1 N–H and O–H groups in total. The topological polar surface area (TPSA) is 45.3 Å². The molecule has 3 rings (SSSR count). The first kappa shape index (κ1) is 12.1. The van der Waals surface area contributed by atoms with Gasteiger partial charge in [-0.2, -0.15) is 0 Å². The van der Waals surface area contributed by atoms with Crippen LogP contribution in [0.15, 0.2) is 24.4 Å². The number of amides is 1.